The monoisotopic (exact) mass is 236 g/mol. The molecule has 0 amide bonds. The lowest BCUT2D eigenvalue weighted by molar-refractivity contribution is -0.129. The highest BCUT2D eigenvalue weighted by atomic mass is 16.1. The average Bonchev–Trinajstić information content (AvgIpc) is 2.27. The van der Waals surface area contributed by atoms with Gasteiger partial charge in [0, 0.05) is 37.5 Å². The minimum absolute atomic E-state index is 0.514. The van der Waals surface area contributed by atoms with Crippen LogP contribution in [0.5, 0.6) is 0 Å². The number of ketones is 1. The van der Waals surface area contributed by atoms with Crippen LogP contribution in [0.2, 0.25) is 0 Å². The SMILES string of the molecule is CN1CCCC(N2C3CCCC2CC(=O)C3)C1. The molecule has 0 saturated carbocycles. The van der Waals surface area contributed by atoms with Crippen LogP contribution in [-0.2, 0) is 4.79 Å². The molecular weight excluding hydrogens is 212 g/mol. The molecule has 3 heteroatoms. The number of hydrogen-bond donors (Lipinski definition) is 0. The molecule has 0 spiro atoms. The van der Waals surface area contributed by atoms with Crippen LogP contribution in [0.4, 0.5) is 0 Å². The van der Waals surface area contributed by atoms with Gasteiger partial charge in [0.1, 0.15) is 5.78 Å². The third-order valence-electron chi connectivity index (χ3n) is 4.87. The molecule has 3 heterocycles. The van der Waals surface area contributed by atoms with E-state index in [1.165, 1.54) is 45.2 Å². The van der Waals surface area contributed by atoms with E-state index in [2.05, 4.69) is 16.8 Å². The highest BCUT2D eigenvalue weighted by molar-refractivity contribution is 5.80. The standard InChI is InChI=1S/C14H24N2O/c1-15-7-3-6-13(10-15)16-11-4-2-5-12(16)9-14(17)8-11/h11-13H,2-10H2,1H3. The number of likely N-dealkylation sites (N-methyl/N-ethyl adjacent to an activating group) is 1. The van der Waals surface area contributed by atoms with Gasteiger partial charge in [-0.05, 0) is 39.3 Å². The van der Waals surface area contributed by atoms with Gasteiger partial charge in [0.25, 0.3) is 0 Å². The van der Waals surface area contributed by atoms with Gasteiger partial charge in [-0.25, -0.2) is 0 Å². The van der Waals surface area contributed by atoms with Crippen molar-refractivity contribution in [1.29, 1.82) is 0 Å². The number of rotatable bonds is 1. The van der Waals surface area contributed by atoms with Gasteiger partial charge in [-0.2, -0.15) is 0 Å². The molecule has 0 aliphatic carbocycles. The molecule has 3 saturated heterocycles. The summed E-state index contributed by atoms with van der Waals surface area (Å²) in [6.07, 6.45) is 8.16. The van der Waals surface area contributed by atoms with E-state index in [1.807, 2.05) is 0 Å². The quantitative estimate of drug-likeness (QED) is 0.692. The van der Waals surface area contributed by atoms with Gasteiger partial charge >= 0.3 is 0 Å². The summed E-state index contributed by atoms with van der Waals surface area (Å²) in [5.74, 6) is 0.514. The predicted octanol–water partition coefficient (Wildman–Crippen LogP) is 1.67. The second-order valence-electron chi connectivity index (χ2n) is 6.19. The molecule has 0 N–H and O–H groups in total. The Bertz CT molecular complexity index is 289. The lowest BCUT2D eigenvalue weighted by Gasteiger charge is -2.51. The molecule has 17 heavy (non-hydrogen) atoms. The van der Waals surface area contributed by atoms with E-state index >= 15 is 0 Å². The van der Waals surface area contributed by atoms with E-state index < -0.39 is 0 Å². The average molecular weight is 236 g/mol. The van der Waals surface area contributed by atoms with Crippen molar-refractivity contribution in [3.05, 3.63) is 0 Å². The topological polar surface area (TPSA) is 23.6 Å². The fraction of sp³-hybridized carbons (Fsp3) is 0.929. The number of hydrogen-bond acceptors (Lipinski definition) is 3. The van der Waals surface area contributed by atoms with Crippen molar-refractivity contribution in [2.75, 3.05) is 20.1 Å². The van der Waals surface area contributed by atoms with E-state index in [-0.39, 0.29) is 0 Å². The van der Waals surface area contributed by atoms with Gasteiger partial charge in [0.15, 0.2) is 0 Å². The lowest BCUT2D eigenvalue weighted by atomic mass is 9.81. The minimum atomic E-state index is 0.514. The van der Waals surface area contributed by atoms with Gasteiger partial charge in [-0.1, -0.05) is 6.42 Å². The number of likely N-dealkylation sites (tertiary alicyclic amines) is 1. The van der Waals surface area contributed by atoms with Gasteiger partial charge in [-0.3, -0.25) is 9.69 Å². The summed E-state index contributed by atoms with van der Waals surface area (Å²) in [6.45, 7) is 2.46. The molecule has 96 valence electrons. The largest absolute Gasteiger partial charge is 0.305 e. The Labute approximate surface area is 104 Å². The molecule has 0 aromatic rings. The first kappa shape index (κ1) is 11.7. The molecule has 3 aliphatic heterocycles. The summed E-state index contributed by atoms with van der Waals surface area (Å²) in [7, 11) is 2.23. The summed E-state index contributed by atoms with van der Waals surface area (Å²) >= 11 is 0. The molecule has 0 aromatic heterocycles. The zero-order valence-electron chi connectivity index (χ0n) is 10.9. The minimum Gasteiger partial charge on any atom is -0.305 e. The van der Waals surface area contributed by atoms with Crippen molar-refractivity contribution in [3.8, 4) is 0 Å². The maximum absolute atomic E-state index is 11.7. The highest BCUT2D eigenvalue weighted by Crippen LogP contribution is 2.35. The number of carbonyl (C=O) groups excluding carboxylic acids is 1. The highest BCUT2D eigenvalue weighted by Gasteiger charge is 2.41. The molecule has 0 radical (unpaired) electrons. The lowest BCUT2D eigenvalue weighted by Crippen LogP contribution is -2.60. The Morgan fingerprint density at radius 2 is 1.65 bits per heavy atom. The first-order chi connectivity index (χ1) is 8.24. The van der Waals surface area contributed by atoms with Crippen LogP contribution in [0.25, 0.3) is 0 Å². The third-order valence-corrected chi connectivity index (χ3v) is 4.87. The van der Waals surface area contributed by atoms with Crippen LogP contribution < -0.4 is 0 Å². The second-order valence-corrected chi connectivity index (χ2v) is 6.19. The van der Waals surface area contributed by atoms with E-state index in [0.29, 0.717) is 17.9 Å². The van der Waals surface area contributed by atoms with Crippen LogP contribution in [-0.4, -0.2) is 53.8 Å². The van der Waals surface area contributed by atoms with Crippen molar-refractivity contribution in [2.24, 2.45) is 0 Å². The zero-order chi connectivity index (χ0) is 11.8. The molecule has 3 aliphatic rings. The fourth-order valence-electron chi connectivity index (χ4n) is 4.19. The fourth-order valence-corrected chi connectivity index (χ4v) is 4.19. The number of Topliss-reactive ketones (excluding diaryl/α,β-unsaturated/α-hetero) is 1. The number of piperidine rings is 3. The normalized spacial score (nSPS) is 40.5. The van der Waals surface area contributed by atoms with Gasteiger partial charge < -0.3 is 4.90 Å². The van der Waals surface area contributed by atoms with Crippen molar-refractivity contribution in [3.63, 3.8) is 0 Å². The van der Waals surface area contributed by atoms with Gasteiger partial charge in [0.2, 0.25) is 0 Å². The third kappa shape index (κ3) is 2.27. The molecule has 2 bridgehead atoms. The van der Waals surface area contributed by atoms with E-state index in [0.717, 1.165) is 18.9 Å². The van der Waals surface area contributed by atoms with E-state index in [4.69, 9.17) is 0 Å². The van der Waals surface area contributed by atoms with Crippen LogP contribution >= 0.6 is 0 Å². The van der Waals surface area contributed by atoms with E-state index in [1.54, 1.807) is 0 Å². The first-order valence-electron chi connectivity index (χ1n) is 7.21. The van der Waals surface area contributed by atoms with Gasteiger partial charge in [-0.15, -0.1) is 0 Å². The van der Waals surface area contributed by atoms with Crippen LogP contribution in [0.15, 0.2) is 0 Å². The summed E-state index contributed by atoms with van der Waals surface area (Å²) < 4.78 is 0. The Morgan fingerprint density at radius 3 is 2.29 bits per heavy atom. The maximum atomic E-state index is 11.7. The Kier molecular flexibility index (Phi) is 3.22. The predicted molar refractivity (Wildman–Crippen MR) is 68.0 cm³/mol. The van der Waals surface area contributed by atoms with Crippen molar-refractivity contribution < 1.29 is 4.79 Å². The van der Waals surface area contributed by atoms with Crippen LogP contribution in [0.1, 0.15) is 44.9 Å². The number of carbonyl (C=O) groups is 1. The van der Waals surface area contributed by atoms with Crippen molar-refractivity contribution in [2.45, 2.75) is 63.1 Å². The summed E-state index contributed by atoms with van der Waals surface area (Å²) in [5.41, 5.74) is 0. The molecule has 3 rings (SSSR count). The Morgan fingerprint density at radius 1 is 1.00 bits per heavy atom. The second kappa shape index (κ2) is 4.69. The van der Waals surface area contributed by atoms with Crippen molar-refractivity contribution in [1.82, 2.24) is 9.80 Å². The summed E-state index contributed by atoms with van der Waals surface area (Å²) in [4.78, 5) is 16.9. The Hall–Kier alpha value is -0.410. The zero-order valence-corrected chi connectivity index (χ0v) is 10.9. The Balaban J connectivity index is 1.74. The van der Waals surface area contributed by atoms with E-state index in [9.17, 15) is 4.79 Å². The number of nitrogens with zero attached hydrogens (tertiary/aromatic N) is 2. The molecule has 3 atom stereocenters. The smallest absolute Gasteiger partial charge is 0.136 e. The molecule has 0 aromatic carbocycles. The molecule has 3 fully saturated rings. The van der Waals surface area contributed by atoms with Crippen molar-refractivity contribution >= 4 is 5.78 Å². The molecule has 3 unspecified atom stereocenters. The molecule has 3 nitrogen and oxygen atoms in total. The summed E-state index contributed by atoms with van der Waals surface area (Å²) in [5, 5.41) is 0. The maximum Gasteiger partial charge on any atom is 0.136 e. The summed E-state index contributed by atoms with van der Waals surface area (Å²) in [6, 6.07) is 1.87. The van der Waals surface area contributed by atoms with Crippen LogP contribution in [0, 0.1) is 0 Å². The van der Waals surface area contributed by atoms with Crippen LogP contribution in [0.3, 0.4) is 0 Å². The molecular formula is C14H24N2O. The first-order valence-corrected chi connectivity index (χ1v) is 7.21. The van der Waals surface area contributed by atoms with Gasteiger partial charge in [0.05, 0.1) is 0 Å². The number of fused-ring (bicyclic) bond motifs is 2.